The zero-order valence-electron chi connectivity index (χ0n) is 6.19. The van der Waals surface area contributed by atoms with E-state index in [1.54, 1.807) is 0 Å². The molecule has 0 aliphatic heterocycles. The molecule has 0 aromatic carbocycles. The minimum atomic E-state index is -0.877. The van der Waals surface area contributed by atoms with Crippen molar-refractivity contribution in [2.75, 3.05) is 0 Å². The Morgan fingerprint density at radius 3 is 2.64 bits per heavy atom. The van der Waals surface area contributed by atoms with E-state index in [-0.39, 0.29) is 11.5 Å². The van der Waals surface area contributed by atoms with Gasteiger partial charge in [-0.1, -0.05) is 12.2 Å². The molecule has 0 fully saturated rings. The number of Topliss-reactive ketones (excluding diaryl/α,β-unsaturated/α-hetero) is 1. The molecule has 1 aliphatic carbocycles. The lowest BCUT2D eigenvalue weighted by Crippen LogP contribution is -2.28. The first-order valence-corrected chi connectivity index (χ1v) is 3.39. The predicted octanol–water partition coefficient (Wildman–Crippen LogP) is 0.564. The Morgan fingerprint density at radius 1 is 1.64 bits per heavy atom. The number of rotatable bonds is 1. The Balaban J connectivity index is 2.86. The number of aliphatic hydroxyl groups excluding tert-OH is 2. The number of carbonyl (C=O) groups excluding carboxylic acids is 1. The predicted molar refractivity (Wildman–Crippen MR) is 40.0 cm³/mol. The zero-order valence-corrected chi connectivity index (χ0v) is 6.19. The van der Waals surface area contributed by atoms with Gasteiger partial charge in [0.2, 0.25) is 0 Å². The van der Waals surface area contributed by atoms with Crippen molar-refractivity contribution in [2.24, 2.45) is 5.92 Å². The van der Waals surface area contributed by atoms with E-state index < -0.39 is 12.0 Å². The molecule has 2 unspecified atom stereocenters. The van der Waals surface area contributed by atoms with Crippen LogP contribution < -0.4 is 0 Å². The normalized spacial score (nSPS) is 29.8. The van der Waals surface area contributed by atoms with E-state index in [9.17, 15) is 9.90 Å². The molecule has 0 radical (unpaired) electrons. The van der Waals surface area contributed by atoms with Gasteiger partial charge in [0.25, 0.3) is 0 Å². The molecule has 0 saturated heterocycles. The highest BCUT2D eigenvalue weighted by molar-refractivity contribution is 5.82. The van der Waals surface area contributed by atoms with Crippen molar-refractivity contribution in [3.05, 3.63) is 24.0 Å². The van der Waals surface area contributed by atoms with Crippen LogP contribution in [0.25, 0.3) is 0 Å². The number of ketones is 1. The van der Waals surface area contributed by atoms with Gasteiger partial charge < -0.3 is 10.2 Å². The van der Waals surface area contributed by atoms with E-state index in [1.807, 2.05) is 0 Å². The Morgan fingerprint density at radius 2 is 2.27 bits per heavy atom. The SMILES string of the molecule is CC(=O)C1C(O)=CC=CC1O. The van der Waals surface area contributed by atoms with Gasteiger partial charge in [0.1, 0.15) is 17.5 Å². The second kappa shape index (κ2) is 2.88. The summed E-state index contributed by atoms with van der Waals surface area (Å²) in [7, 11) is 0. The Bertz CT molecular complexity index is 227. The van der Waals surface area contributed by atoms with Crippen molar-refractivity contribution in [1.29, 1.82) is 0 Å². The van der Waals surface area contributed by atoms with E-state index in [0.717, 1.165) is 0 Å². The molecule has 0 aromatic heterocycles. The van der Waals surface area contributed by atoms with Crippen LogP contribution in [0.1, 0.15) is 6.92 Å². The molecule has 0 aromatic rings. The molecular formula is C8H10O3. The lowest BCUT2D eigenvalue weighted by molar-refractivity contribution is -0.122. The molecule has 60 valence electrons. The third-order valence-corrected chi connectivity index (χ3v) is 1.67. The van der Waals surface area contributed by atoms with Crippen molar-refractivity contribution in [3.8, 4) is 0 Å². The third kappa shape index (κ3) is 1.49. The number of carbonyl (C=O) groups is 1. The van der Waals surface area contributed by atoms with Gasteiger partial charge in [-0.2, -0.15) is 0 Å². The van der Waals surface area contributed by atoms with Crippen molar-refractivity contribution >= 4 is 5.78 Å². The van der Waals surface area contributed by atoms with E-state index in [2.05, 4.69) is 0 Å². The molecule has 0 saturated carbocycles. The summed E-state index contributed by atoms with van der Waals surface area (Å²) in [5.41, 5.74) is 0. The van der Waals surface area contributed by atoms with Gasteiger partial charge in [0, 0.05) is 0 Å². The monoisotopic (exact) mass is 154 g/mol. The van der Waals surface area contributed by atoms with Gasteiger partial charge >= 0.3 is 0 Å². The van der Waals surface area contributed by atoms with Gasteiger partial charge in [-0.15, -0.1) is 0 Å². The molecule has 1 aliphatic rings. The topological polar surface area (TPSA) is 57.5 Å². The molecule has 0 amide bonds. The maximum absolute atomic E-state index is 10.8. The van der Waals surface area contributed by atoms with Crippen LogP contribution in [-0.2, 0) is 4.79 Å². The summed E-state index contributed by atoms with van der Waals surface area (Å²) in [6.45, 7) is 1.34. The van der Waals surface area contributed by atoms with E-state index in [0.29, 0.717) is 0 Å². The van der Waals surface area contributed by atoms with Gasteiger partial charge in [-0.05, 0) is 13.0 Å². The number of allylic oxidation sites excluding steroid dienone is 2. The van der Waals surface area contributed by atoms with Crippen LogP contribution in [0.2, 0.25) is 0 Å². The third-order valence-electron chi connectivity index (χ3n) is 1.67. The average Bonchev–Trinajstić information content (AvgIpc) is 1.85. The van der Waals surface area contributed by atoms with Crippen LogP contribution in [-0.4, -0.2) is 22.1 Å². The van der Waals surface area contributed by atoms with Crippen molar-refractivity contribution < 1.29 is 15.0 Å². The summed E-state index contributed by atoms with van der Waals surface area (Å²) >= 11 is 0. The van der Waals surface area contributed by atoms with E-state index in [1.165, 1.54) is 25.2 Å². The van der Waals surface area contributed by atoms with Crippen LogP contribution in [0.15, 0.2) is 24.0 Å². The number of hydrogen-bond acceptors (Lipinski definition) is 3. The van der Waals surface area contributed by atoms with Crippen molar-refractivity contribution in [2.45, 2.75) is 13.0 Å². The standard InChI is InChI=1S/C8H10O3/c1-5(9)8-6(10)3-2-4-7(8)11/h2-4,6,8,10-11H,1H3. The molecule has 2 N–H and O–H groups in total. The molecule has 0 bridgehead atoms. The smallest absolute Gasteiger partial charge is 0.143 e. The Labute approximate surface area is 64.7 Å². The summed E-state index contributed by atoms with van der Waals surface area (Å²) in [6.07, 6.45) is 3.54. The molecule has 0 spiro atoms. The van der Waals surface area contributed by atoms with Crippen LogP contribution >= 0.6 is 0 Å². The second-order valence-electron chi connectivity index (χ2n) is 2.56. The minimum absolute atomic E-state index is 0.0625. The molecule has 2 atom stereocenters. The summed E-state index contributed by atoms with van der Waals surface area (Å²) < 4.78 is 0. The number of hydrogen-bond donors (Lipinski definition) is 2. The zero-order chi connectivity index (χ0) is 8.43. The molecule has 3 heteroatoms. The van der Waals surface area contributed by atoms with Crippen LogP contribution in [0.3, 0.4) is 0 Å². The highest BCUT2D eigenvalue weighted by Gasteiger charge is 2.27. The molecule has 11 heavy (non-hydrogen) atoms. The fraction of sp³-hybridized carbons (Fsp3) is 0.375. The van der Waals surface area contributed by atoms with E-state index >= 15 is 0 Å². The molecule has 1 rings (SSSR count). The second-order valence-corrected chi connectivity index (χ2v) is 2.56. The van der Waals surface area contributed by atoms with E-state index in [4.69, 9.17) is 5.11 Å². The quantitative estimate of drug-likeness (QED) is 0.580. The van der Waals surface area contributed by atoms with Crippen LogP contribution in [0.5, 0.6) is 0 Å². The highest BCUT2D eigenvalue weighted by atomic mass is 16.3. The molecule has 3 nitrogen and oxygen atoms in total. The fourth-order valence-corrected chi connectivity index (χ4v) is 1.11. The summed E-state index contributed by atoms with van der Waals surface area (Å²) in [5, 5.41) is 18.3. The van der Waals surface area contributed by atoms with Gasteiger partial charge in [0.15, 0.2) is 0 Å². The molecular weight excluding hydrogens is 144 g/mol. The highest BCUT2D eigenvalue weighted by Crippen LogP contribution is 2.19. The van der Waals surface area contributed by atoms with Crippen molar-refractivity contribution in [3.63, 3.8) is 0 Å². The van der Waals surface area contributed by atoms with Gasteiger partial charge in [-0.3, -0.25) is 4.79 Å². The van der Waals surface area contributed by atoms with Gasteiger partial charge in [0.05, 0.1) is 6.10 Å². The lowest BCUT2D eigenvalue weighted by atomic mass is 9.92. The minimum Gasteiger partial charge on any atom is -0.511 e. The average molecular weight is 154 g/mol. The Kier molecular flexibility index (Phi) is 2.10. The fourth-order valence-electron chi connectivity index (χ4n) is 1.11. The first-order valence-electron chi connectivity index (χ1n) is 3.39. The Hall–Kier alpha value is -1.09. The summed E-state index contributed by atoms with van der Waals surface area (Å²) in [4.78, 5) is 10.8. The summed E-state index contributed by atoms with van der Waals surface area (Å²) in [5.74, 6) is -1.05. The molecule has 0 heterocycles. The summed E-state index contributed by atoms with van der Waals surface area (Å²) in [6, 6.07) is 0. The first kappa shape index (κ1) is 8.01. The number of aliphatic hydroxyl groups is 2. The lowest BCUT2D eigenvalue weighted by Gasteiger charge is -2.19. The largest absolute Gasteiger partial charge is 0.511 e. The van der Waals surface area contributed by atoms with Gasteiger partial charge in [-0.25, -0.2) is 0 Å². The van der Waals surface area contributed by atoms with Crippen LogP contribution in [0.4, 0.5) is 0 Å². The van der Waals surface area contributed by atoms with Crippen molar-refractivity contribution in [1.82, 2.24) is 0 Å². The van der Waals surface area contributed by atoms with Crippen LogP contribution in [0, 0.1) is 5.92 Å². The maximum atomic E-state index is 10.8. The first-order chi connectivity index (χ1) is 5.13. The maximum Gasteiger partial charge on any atom is 0.143 e.